The van der Waals surface area contributed by atoms with Crippen LogP contribution in [0.3, 0.4) is 0 Å². The summed E-state index contributed by atoms with van der Waals surface area (Å²) >= 11 is 0. The maximum absolute atomic E-state index is 10.1. The molecule has 0 radical (unpaired) electrons. The van der Waals surface area contributed by atoms with Crippen LogP contribution >= 0.6 is 0 Å². The van der Waals surface area contributed by atoms with Crippen LogP contribution in [0.25, 0.3) is 0 Å². The molecule has 2 heteroatoms. The predicted octanol–water partition coefficient (Wildman–Crippen LogP) is 2.92. The van der Waals surface area contributed by atoms with Crippen LogP contribution in [-0.2, 0) is 6.42 Å². The van der Waals surface area contributed by atoms with Gasteiger partial charge < -0.3 is 10.4 Å². The van der Waals surface area contributed by atoms with Crippen LogP contribution in [0.2, 0.25) is 0 Å². The highest BCUT2D eigenvalue weighted by Crippen LogP contribution is 2.15. The van der Waals surface area contributed by atoms with E-state index in [-0.39, 0.29) is 0 Å². The largest absolute Gasteiger partial charge is 0.387 e. The van der Waals surface area contributed by atoms with E-state index in [1.54, 1.807) is 0 Å². The van der Waals surface area contributed by atoms with E-state index in [1.165, 1.54) is 5.56 Å². The van der Waals surface area contributed by atoms with Gasteiger partial charge in [0.15, 0.2) is 0 Å². The van der Waals surface area contributed by atoms with Crippen molar-refractivity contribution in [1.29, 1.82) is 0 Å². The Morgan fingerprint density at radius 3 is 2.65 bits per heavy atom. The number of benzene rings is 1. The summed E-state index contributed by atoms with van der Waals surface area (Å²) < 4.78 is 0. The van der Waals surface area contributed by atoms with Crippen LogP contribution in [0.15, 0.2) is 24.3 Å². The predicted molar refractivity (Wildman–Crippen MR) is 73.1 cm³/mol. The maximum atomic E-state index is 10.1. The fraction of sp³-hybridized carbons (Fsp3) is 0.600. The normalized spacial score (nSPS) is 13.0. The number of aliphatic hydroxyl groups excluding tert-OH is 1. The Balaban J connectivity index is 2.50. The van der Waals surface area contributed by atoms with Crippen molar-refractivity contribution in [3.63, 3.8) is 0 Å². The van der Waals surface area contributed by atoms with E-state index in [9.17, 15) is 5.11 Å². The minimum atomic E-state index is -0.398. The second-order valence-electron chi connectivity index (χ2n) is 5.06. The summed E-state index contributed by atoms with van der Waals surface area (Å²) in [7, 11) is 0. The van der Waals surface area contributed by atoms with Crippen molar-refractivity contribution in [2.75, 3.05) is 13.1 Å². The smallest absolute Gasteiger partial charge is 0.0914 e. The summed E-state index contributed by atoms with van der Waals surface area (Å²) in [5.41, 5.74) is 2.33. The Hall–Kier alpha value is -0.860. The van der Waals surface area contributed by atoms with Gasteiger partial charge in [-0.05, 0) is 30.0 Å². The van der Waals surface area contributed by atoms with E-state index in [0.717, 1.165) is 24.9 Å². The minimum Gasteiger partial charge on any atom is -0.387 e. The van der Waals surface area contributed by atoms with E-state index in [4.69, 9.17) is 0 Å². The average molecular weight is 235 g/mol. The first-order chi connectivity index (χ1) is 8.13. The zero-order valence-corrected chi connectivity index (χ0v) is 11.2. The van der Waals surface area contributed by atoms with E-state index >= 15 is 0 Å². The first-order valence-corrected chi connectivity index (χ1v) is 6.61. The fourth-order valence-electron chi connectivity index (χ4n) is 1.87. The van der Waals surface area contributed by atoms with Gasteiger partial charge in [-0.3, -0.25) is 0 Å². The monoisotopic (exact) mass is 235 g/mol. The third-order valence-corrected chi connectivity index (χ3v) is 2.76. The molecule has 1 unspecified atom stereocenters. The SMILES string of the molecule is CCCc1cccc(C(O)CNCC(C)C)c1. The molecule has 17 heavy (non-hydrogen) atoms. The molecule has 0 bridgehead atoms. The van der Waals surface area contributed by atoms with Crippen molar-refractivity contribution in [1.82, 2.24) is 5.32 Å². The minimum absolute atomic E-state index is 0.398. The van der Waals surface area contributed by atoms with E-state index in [1.807, 2.05) is 12.1 Å². The highest BCUT2D eigenvalue weighted by Gasteiger charge is 2.07. The standard InChI is InChI=1S/C15H25NO/c1-4-6-13-7-5-8-14(9-13)15(17)11-16-10-12(2)3/h5,7-9,12,15-17H,4,6,10-11H2,1-3H3. The topological polar surface area (TPSA) is 32.3 Å². The lowest BCUT2D eigenvalue weighted by Gasteiger charge is -2.14. The van der Waals surface area contributed by atoms with Crippen molar-refractivity contribution >= 4 is 0 Å². The maximum Gasteiger partial charge on any atom is 0.0914 e. The summed E-state index contributed by atoms with van der Waals surface area (Å²) in [5, 5.41) is 13.3. The number of hydrogen-bond acceptors (Lipinski definition) is 2. The molecule has 0 aromatic heterocycles. The molecule has 1 atom stereocenters. The van der Waals surface area contributed by atoms with E-state index in [0.29, 0.717) is 12.5 Å². The molecule has 0 aliphatic rings. The molecule has 0 heterocycles. The van der Waals surface area contributed by atoms with Gasteiger partial charge in [0.05, 0.1) is 6.10 Å². The molecule has 1 aromatic carbocycles. The molecule has 96 valence electrons. The molecule has 0 fully saturated rings. The van der Waals surface area contributed by atoms with Crippen LogP contribution < -0.4 is 5.32 Å². The van der Waals surface area contributed by atoms with Crippen molar-refractivity contribution in [3.8, 4) is 0 Å². The van der Waals surface area contributed by atoms with Gasteiger partial charge in [-0.2, -0.15) is 0 Å². The highest BCUT2D eigenvalue weighted by molar-refractivity contribution is 5.25. The van der Waals surface area contributed by atoms with E-state index in [2.05, 4.69) is 38.2 Å². The lowest BCUT2D eigenvalue weighted by molar-refractivity contribution is 0.173. The van der Waals surface area contributed by atoms with Crippen LogP contribution in [0.5, 0.6) is 0 Å². The van der Waals surface area contributed by atoms with Crippen molar-refractivity contribution in [2.45, 2.75) is 39.7 Å². The van der Waals surface area contributed by atoms with Crippen LogP contribution in [-0.4, -0.2) is 18.2 Å². The molecular formula is C15H25NO. The first-order valence-electron chi connectivity index (χ1n) is 6.61. The van der Waals surface area contributed by atoms with Crippen molar-refractivity contribution in [2.24, 2.45) is 5.92 Å². The van der Waals surface area contributed by atoms with Crippen molar-refractivity contribution in [3.05, 3.63) is 35.4 Å². The summed E-state index contributed by atoms with van der Waals surface area (Å²) in [5.74, 6) is 0.619. The number of aliphatic hydroxyl groups is 1. The van der Waals surface area contributed by atoms with Gasteiger partial charge in [-0.25, -0.2) is 0 Å². The van der Waals surface area contributed by atoms with Gasteiger partial charge in [0, 0.05) is 6.54 Å². The lowest BCUT2D eigenvalue weighted by atomic mass is 10.0. The van der Waals surface area contributed by atoms with Crippen LogP contribution in [0, 0.1) is 5.92 Å². The highest BCUT2D eigenvalue weighted by atomic mass is 16.3. The molecule has 0 saturated carbocycles. The summed E-state index contributed by atoms with van der Waals surface area (Å²) in [4.78, 5) is 0. The molecule has 0 spiro atoms. The Morgan fingerprint density at radius 1 is 1.24 bits per heavy atom. The van der Waals surface area contributed by atoms with E-state index < -0.39 is 6.10 Å². The molecule has 0 aliphatic heterocycles. The number of aryl methyl sites for hydroxylation is 1. The summed E-state index contributed by atoms with van der Waals surface area (Å²) in [6, 6.07) is 8.28. The third kappa shape index (κ3) is 5.33. The van der Waals surface area contributed by atoms with Crippen LogP contribution in [0.4, 0.5) is 0 Å². The van der Waals surface area contributed by atoms with Gasteiger partial charge in [0.25, 0.3) is 0 Å². The van der Waals surface area contributed by atoms with Gasteiger partial charge >= 0.3 is 0 Å². The molecule has 0 aliphatic carbocycles. The Morgan fingerprint density at radius 2 is 2.00 bits per heavy atom. The first kappa shape index (κ1) is 14.2. The molecule has 2 nitrogen and oxygen atoms in total. The summed E-state index contributed by atoms with van der Waals surface area (Å²) in [6.45, 7) is 8.09. The Bertz CT molecular complexity index is 322. The second-order valence-corrected chi connectivity index (χ2v) is 5.06. The molecular weight excluding hydrogens is 210 g/mol. The number of nitrogens with one attached hydrogen (secondary N) is 1. The van der Waals surface area contributed by atoms with Crippen LogP contribution in [0.1, 0.15) is 44.4 Å². The van der Waals surface area contributed by atoms with Gasteiger partial charge in [0.1, 0.15) is 0 Å². The quantitative estimate of drug-likeness (QED) is 0.761. The molecule has 0 amide bonds. The fourth-order valence-corrected chi connectivity index (χ4v) is 1.87. The molecule has 1 rings (SSSR count). The zero-order chi connectivity index (χ0) is 12.7. The number of rotatable bonds is 7. The van der Waals surface area contributed by atoms with Crippen molar-refractivity contribution < 1.29 is 5.11 Å². The zero-order valence-electron chi connectivity index (χ0n) is 11.2. The lowest BCUT2D eigenvalue weighted by Crippen LogP contribution is -2.25. The van der Waals surface area contributed by atoms with Gasteiger partial charge in [0.2, 0.25) is 0 Å². The second kappa shape index (κ2) is 7.46. The van der Waals surface area contributed by atoms with Gasteiger partial charge in [-0.15, -0.1) is 0 Å². The molecule has 2 N–H and O–H groups in total. The Kier molecular flexibility index (Phi) is 6.23. The number of hydrogen-bond donors (Lipinski definition) is 2. The van der Waals surface area contributed by atoms with Gasteiger partial charge in [-0.1, -0.05) is 51.5 Å². The molecule has 1 aromatic rings. The average Bonchev–Trinajstić information content (AvgIpc) is 2.29. The Labute approximate surface area is 105 Å². The molecule has 0 saturated heterocycles. The summed E-state index contributed by atoms with van der Waals surface area (Å²) in [6.07, 6.45) is 1.83. The third-order valence-electron chi connectivity index (χ3n) is 2.76.